The van der Waals surface area contributed by atoms with Crippen molar-refractivity contribution >= 4 is 17.0 Å². The van der Waals surface area contributed by atoms with Gasteiger partial charge in [-0.25, -0.2) is 0 Å². The van der Waals surface area contributed by atoms with Gasteiger partial charge in [-0.2, -0.15) is 0 Å². The van der Waals surface area contributed by atoms with Crippen LogP contribution < -0.4 is 5.11 Å². The number of fused-ring (bicyclic) bond motifs is 1. The Morgan fingerprint density at radius 2 is 1.37 bits per heavy atom. The van der Waals surface area contributed by atoms with Gasteiger partial charge in [-0.3, -0.25) is 0 Å². The zero-order valence-electron chi connectivity index (χ0n) is 19.3. The van der Waals surface area contributed by atoms with Crippen LogP contribution in [-0.4, -0.2) is 26.1 Å². The van der Waals surface area contributed by atoms with Crippen LogP contribution in [0.3, 0.4) is 0 Å². The molecule has 35 heavy (non-hydrogen) atoms. The Kier molecular flexibility index (Phi) is 5.79. The Balaban J connectivity index is 1.78. The number of hydrogen-bond donors (Lipinski definition) is 1. The van der Waals surface area contributed by atoms with Gasteiger partial charge in [-0.15, -0.1) is 15.0 Å². The largest absolute Gasteiger partial charge is 0.550 e. The number of phenolic OH excluding ortho intramolecular Hbond substituents is 1. The van der Waals surface area contributed by atoms with E-state index in [4.69, 9.17) is 0 Å². The van der Waals surface area contributed by atoms with Crippen molar-refractivity contribution in [1.82, 2.24) is 15.0 Å². The van der Waals surface area contributed by atoms with Crippen molar-refractivity contribution in [3.05, 3.63) is 119 Å². The Hall–Kier alpha value is -4.45. The summed E-state index contributed by atoms with van der Waals surface area (Å²) < 4.78 is 0. The summed E-state index contributed by atoms with van der Waals surface area (Å²) in [5.74, 6) is -1.09. The molecule has 5 rings (SSSR count). The fraction of sp³-hybridized carbons (Fsp3) is 0.138. The molecule has 1 N–H and O–H groups in total. The van der Waals surface area contributed by atoms with Crippen LogP contribution in [0.4, 0.5) is 0 Å². The van der Waals surface area contributed by atoms with E-state index in [0.717, 1.165) is 16.7 Å². The topological polar surface area (TPSA) is 91.1 Å². The zero-order chi connectivity index (χ0) is 24.4. The van der Waals surface area contributed by atoms with Crippen LogP contribution in [0.15, 0.2) is 97.1 Å². The van der Waals surface area contributed by atoms with Crippen molar-refractivity contribution < 1.29 is 15.0 Å². The molecule has 0 aliphatic heterocycles. The number of carbonyl (C=O) groups excluding carboxylic acids is 1. The zero-order valence-corrected chi connectivity index (χ0v) is 19.3. The second-order valence-electron chi connectivity index (χ2n) is 8.72. The molecule has 174 valence electrons. The van der Waals surface area contributed by atoms with Gasteiger partial charge >= 0.3 is 0 Å². The summed E-state index contributed by atoms with van der Waals surface area (Å²) in [6.45, 7) is 2.06. The first-order valence-electron chi connectivity index (χ1n) is 11.5. The Morgan fingerprint density at radius 3 is 1.89 bits per heavy atom. The van der Waals surface area contributed by atoms with Crippen molar-refractivity contribution in [2.45, 2.75) is 25.2 Å². The minimum atomic E-state index is -1.13. The summed E-state index contributed by atoms with van der Waals surface area (Å²) in [7, 11) is 0. The maximum atomic E-state index is 11.7. The number of hydrogen-bond acceptors (Lipinski definition) is 5. The number of carbonyl (C=O) groups is 1. The molecule has 0 amide bonds. The number of carboxylic acid groups (broad SMARTS) is 1. The van der Waals surface area contributed by atoms with Crippen molar-refractivity contribution in [2.75, 3.05) is 0 Å². The fourth-order valence-corrected chi connectivity index (χ4v) is 4.59. The van der Waals surface area contributed by atoms with E-state index < -0.39 is 11.4 Å². The average molecular weight is 463 g/mol. The van der Waals surface area contributed by atoms with Gasteiger partial charge in [0.05, 0.1) is 0 Å². The lowest BCUT2D eigenvalue weighted by atomic mass is 9.70. The second kappa shape index (κ2) is 9.06. The SMILES string of the molecule is CC(c1ccccc1)(c1ccccc1)c1cc(CCC(=O)[O-])cc(-n2nc3ccccc3n2)c1O. The molecule has 0 aliphatic rings. The Labute approximate surface area is 203 Å². The molecule has 0 spiro atoms. The molecular weight excluding hydrogens is 438 g/mol. The second-order valence-corrected chi connectivity index (χ2v) is 8.72. The number of rotatable bonds is 7. The molecule has 4 aromatic carbocycles. The summed E-state index contributed by atoms with van der Waals surface area (Å²) in [5.41, 5.74) is 4.42. The molecule has 1 heterocycles. The van der Waals surface area contributed by atoms with Gasteiger partial charge < -0.3 is 15.0 Å². The van der Waals surface area contributed by atoms with Crippen LogP contribution in [0, 0.1) is 0 Å². The molecule has 5 aromatic rings. The quantitative estimate of drug-likeness (QED) is 0.367. The highest BCUT2D eigenvalue weighted by atomic mass is 16.4. The van der Waals surface area contributed by atoms with E-state index >= 15 is 0 Å². The summed E-state index contributed by atoms with van der Waals surface area (Å²) in [6, 6.07) is 31.0. The summed E-state index contributed by atoms with van der Waals surface area (Å²) >= 11 is 0. The number of aryl methyl sites for hydroxylation is 1. The van der Waals surface area contributed by atoms with Gasteiger partial charge in [0.1, 0.15) is 22.5 Å². The van der Waals surface area contributed by atoms with Crippen LogP contribution in [0.1, 0.15) is 35.6 Å². The minimum Gasteiger partial charge on any atom is -0.550 e. The lowest BCUT2D eigenvalue weighted by molar-refractivity contribution is -0.305. The van der Waals surface area contributed by atoms with Crippen LogP contribution in [0.25, 0.3) is 16.7 Å². The van der Waals surface area contributed by atoms with Gasteiger partial charge in [0.15, 0.2) is 0 Å². The molecule has 6 nitrogen and oxygen atoms in total. The number of carboxylic acids is 1. The van der Waals surface area contributed by atoms with Gasteiger partial charge in [-0.05, 0) is 54.7 Å². The lowest BCUT2D eigenvalue weighted by Gasteiger charge is -2.33. The van der Waals surface area contributed by atoms with E-state index in [1.165, 1.54) is 4.80 Å². The fourth-order valence-electron chi connectivity index (χ4n) is 4.59. The molecule has 0 unspecified atom stereocenters. The smallest absolute Gasteiger partial charge is 0.147 e. The number of aromatic hydroxyl groups is 1. The highest BCUT2D eigenvalue weighted by Gasteiger charge is 2.35. The first kappa shape index (κ1) is 22.3. The van der Waals surface area contributed by atoms with E-state index in [2.05, 4.69) is 17.1 Å². The van der Waals surface area contributed by atoms with E-state index in [1.807, 2.05) is 91.0 Å². The predicted octanol–water partition coefficient (Wildman–Crippen LogP) is 4.16. The summed E-state index contributed by atoms with van der Waals surface area (Å²) in [6.07, 6.45) is 0.120. The normalized spacial score (nSPS) is 11.6. The third-order valence-corrected chi connectivity index (χ3v) is 6.51. The molecule has 0 saturated heterocycles. The first-order chi connectivity index (χ1) is 17.0. The molecular formula is C29H24N3O3-. The molecule has 0 atom stereocenters. The van der Waals surface area contributed by atoms with Crippen LogP contribution in [0.2, 0.25) is 0 Å². The van der Waals surface area contributed by atoms with E-state index in [-0.39, 0.29) is 18.6 Å². The molecule has 1 aromatic heterocycles. The Morgan fingerprint density at radius 1 is 0.857 bits per heavy atom. The van der Waals surface area contributed by atoms with E-state index in [9.17, 15) is 15.0 Å². The first-order valence-corrected chi connectivity index (χ1v) is 11.5. The highest BCUT2D eigenvalue weighted by molar-refractivity contribution is 5.74. The number of phenols is 1. The number of aliphatic carboxylic acids is 1. The Bertz CT molecular complexity index is 1420. The summed E-state index contributed by atoms with van der Waals surface area (Å²) in [4.78, 5) is 12.7. The maximum Gasteiger partial charge on any atom is 0.147 e. The number of aromatic nitrogens is 3. The molecule has 6 heteroatoms. The number of nitrogens with zero attached hydrogens (tertiary/aromatic N) is 3. The third kappa shape index (κ3) is 4.15. The van der Waals surface area contributed by atoms with Crippen molar-refractivity contribution in [1.29, 1.82) is 0 Å². The van der Waals surface area contributed by atoms with Crippen LogP contribution >= 0.6 is 0 Å². The predicted molar refractivity (Wildman–Crippen MR) is 132 cm³/mol. The van der Waals surface area contributed by atoms with Gasteiger partial charge in [-0.1, -0.05) is 78.9 Å². The monoisotopic (exact) mass is 462 g/mol. The van der Waals surface area contributed by atoms with Crippen LogP contribution in [-0.2, 0) is 16.6 Å². The molecule has 0 fully saturated rings. The lowest BCUT2D eigenvalue weighted by Crippen LogP contribution is -2.26. The van der Waals surface area contributed by atoms with Crippen LogP contribution in [0.5, 0.6) is 5.75 Å². The average Bonchev–Trinajstić information content (AvgIpc) is 3.32. The third-order valence-electron chi connectivity index (χ3n) is 6.51. The standard InChI is InChI=1S/C29H25N3O3/c1-29(21-10-4-2-5-11-21,22-12-6-3-7-13-22)23-18-20(16-17-27(33)34)19-26(28(23)35)32-30-24-14-8-9-15-25(24)31-32/h2-15,18-19,35H,16-17H2,1H3,(H,33,34)/p-1. The molecule has 0 saturated carbocycles. The van der Waals surface area contributed by atoms with E-state index in [0.29, 0.717) is 22.3 Å². The van der Waals surface area contributed by atoms with Crippen molar-refractivity contribution in [2.24, 2.45) is 0 Å². The summed E-state index contributed by atoms with van der Waals surface area (Å²) in [5, 5.41) is 32.1. The van der Waals surface area contributed by atoms with Crippen molar-refractivity contribution in [3.8, 4) is 11.4 Å². The highest BCUT2D eigenvalue weighted by Crippen LogP contribution is 2.45. The van der Waals surface area contributed by atoms with Gasteiger partial charge in [0.2, 0.25) is 0 Å². The minimum absolute atomic E-state index is 0.0395. The molecule has 0 aliphatic carbocycles. The number of benzene rings is 4. The molecule has 0 bridgehead atoms. The van der Waals surface area contributed by atoms with Gasteiger partial charge in [0, 0.05) is 16.9 Å². The van der Waals surface area contributed by atoms with Crippen molar-refractivity contribution in [3.63, 3.8) is 0 Å². The molecule has 0 radical (unpaired) electrons. The maximum absolute atomic E-state index is 11.7. The van der Waals surface area contributed by atoms with E-state index in [1.54, 1.807) is 6.07 Å². The van der Waals surface area contributed by atoms with Gasteiger partial charge in [0.25, 0.3) is 0 Å².